The Balaban J connectivity index is 2.21. The molecular weight excluding hydrogens is 266 g/mol. The number of rotatable bonds is 6. The molecule has 21 heavy (non-hydrogen) atoms. The average Bonchev–Trinajstić information content (AvgIpc) is 2.44. The summed E-state index contributed by atoms with van der Waals surface area (Å²) in [6.45, 7) is 1.46. The van der Waals surface area contributed by atoms with Gasteiger partial charge in [-0.3, -0.25) is 9.59 Å². The maximum absolute atomic E-state index is 11.3. The molecule has 0 saturated carbocycles. The molecule has 2 aromatic rings. The Morgan fingerprint density at radius 2 is 1.86 bits per heavy atom. The van der Waals surface area contributed by atoms with Gasteiger partial charge in [0.15, 0.2) is 0 Å². The molecule has 0 heterocycles. The molecule has 110 valence electrons. The molecule has 0 saturated heterocycles. The molecule has 0 aliphatic rings. The first-order valence-electron chi connectivity index (χ1n) is 7.02. The van der Waals surface area contributed by atoms with Crippen molar-refractivity contribution in [3.63, 3.8) is 0 Å². The van der Waals surface area contributed by atoms with Gasteiger partial charge in [-0.15, -0.1) is 0 Å². The van der Waals surface area contributed by atoms with Crippen LogP contribution in [0.3, 0.4) is 0 Å². The number of aliphatic carboxylic acids is 1. The molecule has 4 heteroatoms. The van der Waals surface area contributed by atoms with Crippen molar-refractivity contribution in [3.8, 4) is 0 Å². The van der Waals surface area contributed by atoms with E-state index in [4.69, 9.17) is 5.11 Å². The van der Waals surface area contributed by atoms with Crippen LogP contribution in [-0.4, -0.2) is 23.0 Å². The summed E-state index contributed by atoms with van der Waals surface area (Å²) in [5.41, 5.74) is 1.12. The maximum atomic E-state index is 11.3. The topological polar surface area (TPSA) is 66.4 Å². The Morgan fingerprint density at radius 3 is 2.57 bits per heavy atom. The number of carboxylic acid groups (broad SMARTS) is 1. The lowest BCUT2D eigenvalue weighted by Crippen LogP contribution is -2.35. The van der Waals surface area contributed by atoms with Gasteiger partial charge in [0, 0.05) is 19.4 Å². The van der Waals surface area contributed by atoms with Crippen LogP contribution in [0.25, 0.3) is 10.8 Å². The van der Waals surface area contributed by atoms with Crippen molar-refractivity contribution in [2.45, 2.75) is 32.2 Å². The number of hydrogen-bond acceptors (Lipinski definition) is 2. The van der Waals surface area contributed by atoms with Crippen LogP contribution < -0.4 is 5.32 Å². The second-order valence-electron chi connectivity index (χ2n) is 5.17. The molecule has 0 aromatic heterocycles. The zero-order valence-electron chi connectivity index (χ0n) is 12.0. The normalized spacial score (nSPS) is 12.0. The van der Waals surface area contributed by atoms with E-state index in [2.05, 4.69) is 5.32 Å². The summed E-state index contributed by atoms with van der Waals surface area (Å²) in [6.07, 6.45) is 1.11. The summed E-state index contributed by atoms with van der Waals surface area (Å²) in [4.78, 5) is 22.0. The maximum Gasteiger partial charge on any atom is 0.303 e. The summed E-state index contributed by atoms with van der Waals surface area (Å²) in [5.74, 6) is -0.978. The van der Waals surface area contributed by atoms with Crippen LogP contribution in [0.2, 0.25) is 0 Å². The van der Waals surface area contributed by atoms with E-state index in [1.165, 1.54) is 6.92 Å². The zero-order chi connectivity index (χ0) is 15.2. The highest BCUT2D eigenvalue weighted by Gasteiger charge is 2.14. The Bertz CT molecular complexity index is 646. The highest BCUT2D eigenvalue weighted by molar-refractivity contribution is 5.85. The minimum Gasteiger partial charge on any atom is -0.481 e. The molecule has 1 amide bonds. The Morgan fingerprint density at radius 1 is 1.14 bits per heavy atom. The average molecular weight is 285 g/mol. The van der Waals surface area contributed by atoms with Gasteiger partial charge in [0.1, 0.15) is 0 Å². The van der Waals surface area contributed by atoms with Crippen LogP contribution in [0.4, 0.5) is 0 Å². The largest absolute Gasteiger partial charge is 0.481 e. The number of hydrogen-bond donors (Lipinski definition) is 2. The van der Waals surface area contributed by atoms with E-state index < -0.39 is 5.97 Å². The van der Waals surface area contributed by atoms with E-state index in [-0.39, 0.29) is 18.4 Å². The molecule has 2 rings (SSSR count). The first kappa shape index (κ1) is 15.0. The van der Waals surface area contributed by atoms with E-state index in [0.29, 0.717) is 12.8 Å². The molecule has 0 aliphatic heterocycles. The fraction of sp³-hybridized carbons (Fsp3) is 0.294. The summed E-state index contributed by atoms with van der Waals surface area (Å²) < 4.78 is 0. The monoisotopic (exact) mass is 285 g/mol. The molecule has 0 bridgehead atoms. The molecule has 1 unspecified atom stereocenters. The Kier molecular flexibility index (Phi) is 4.93. The first-order valence-corrected chi connectivity index (χ1v) is 7.02. The molecule has 2 N–H and O–H groups in total. The number of carbonyl (C=O) groups is 2. The molecule has 4 nitrogen and oxygen atoms in total. The summed E-state index contributed by atoms with van der Waals surface area (Å²) >= 11 is 0. The lowest BCUT2D eigenvalue weighted by molar-refractivity contribution is -0.137. The molecule has 0 spiro atoms. The lowest BCUT2D eigenvalue weighted by atomic mass is 9.96. The SMILES string of the molecule is CC(=O)NC(CCC(=O)O)Cc1cccc2ccccc12. The van der Waals surface area contributed by atoms with Crippen LogP contribution in [0.15, 0.2) is 42.5 Å². The smallest absolute Gasteiger partial charge is 0.303 e. The highest BCUT2D eigenvalue weighted by atomic mass is 16.4. The Hall–Kier alpha value is -2.36. The minimum atomic E-state index is -0.844. The summed E-state index contributed by atoms with van der Waals surface area (Å²) in [5, 5.41) is 14.0. The van der Waals surface area contributed by atoms with Crippen LogP contribution in [0.5, 0.6) is 0 Å². The van der Waals surface area contributed by atoms with Gasteiger partial charge in [0.2, 0.25) is 5.91 Å². The summed E-state index contributed by atoms with van der Waals surface area (Å²) in [6, 6.07) is 14.0. The second kappa shape index (κ2) is 6.88. The van der Waals surface area contributed by atoms with Gasteiger partial charge in [-0.2, -0.15) is 0 Å². The van der Waals surface area contributed by atoms with E-state index in [0.717, 1.165) is 16.3 Å². The molecule has 1 atom stereocenters. The number of nitrogens with one attached hydrogen (secondary N) is 1. The standard InChI is InChI=1S/C17H19NO3/c1-12(19)18-15(9-10-17(20)21)11-14-7-4-6-13-5-2-3-8-16(13)14/h2-8,15H,9-11H2,1H3,(H,18,19)(H,20,21). The zero-order valence-corrected chi connectivity index (χ0v) is 12.0. The van der Waals surface area contributed by atoms with Crippen molar-refractivity contribution in [2.75, 3.05) is 0 Å². The molecule has 0 aliphatic carbocycles. The molecule has 0 radical (unpaired) electrons. The molecule has 0 fully saturated rings. The first-order chi connectivity index (χ1) is 10.1. The van der Waals surface area contributed by atoms with E-state index in [9.17, 15) is 9.59 Å². The van der Waals surface area contributed by atoms with Gasteiger partial charge in [0.05, 0.1) is 0 Å². The minimum absolute atomic E-state index is 0.0513. The van der Waals surface area contributed by atoms with E-state index in [1.54, 1.807) is 0 Å². The lowest BCUT2D eigenvalue weighted by Gasteiger charge is -2.18. The van der Waals surface area contributed by atoms with Crippen molar-refractivity contribution in [1.82, 2.24) is 5.32 Å². The quantitative estimate of drug-likeness (QED) is 0.857. The van der Waals surface area contributed by atoms with Crippen molar-refractivity contribution in [1.29, 1.82) is 0 Å². The van der Waals surface area contributed by atoms with Gasteiger partial charge >= 0.3 is 5.97 Å². The molecule has 2 aromatic carbocycles. The van der Waals surface area contributed by atoms with E-state index >= 15 is 0 Å². The van der Waals surface area contributed by atoms with Crippen molar-refractivity contribution >= 4 is 22.6 Å². The van der Waals surface area contributed by atoms with E-state index in [1.807, 2.05) is 42.5 Å². The number of carbonyl (C=O) groups excluding carboxylic acids is 1. The fourth-order valence-corrected chi connectivity index (χ4v) is 2.55. The van der Waals surface area contributed by atoms with Gasteiger partial charge in [0.25, 0.3) is 0 Å². The third kappa shape index (κ3) is 4.31. The van der Waals surface area contributed by atoms with Crippen molar-refractivity contribution in [3.05, 3.63) is 48.0 Å². The van der Waals surface area contributed by atoms with Gasteiger partial charge < -0.3 is 10.4 Å². The molecular formula is C17H19NO3. The van der Waals surface area contributed by atoms with Crippen molar-refractivity contribution in [2.24, 2.45) is 0 Å². The third-order valence-electron chi connectivity index (χ3n) is 3.46. The third-order valence-corrected chi connectivity index (χ3v) is 3.46. The van der Waals surface area contributed by atoms with Crippen molar-refractivity contribution < 1.29 is 14.7 Å². The van der Waals surface area contributed by atoms with Crippen LogP contribution in [-0.2, 0) is 16.0 Å². The van der Waals surface area contributed by atoms with Gasteiger partial charge in [-0.1, -0.05) is 42.5 Å². The van der Waals surface area contributed by atoms with Crippen LogP contribution >= 0.6 is 0 Å². The second-order valence-corrected chi connectivity index (χ2v) is 5.17. The fourth-order valence-electron chi connectivity index (χ4n) is 2.55. The number of benzene rings is 2. The van der Waals surface area contributed by atoms with Gasteiger partial charge in [-0.25, -0.2) is 0 Å². The number of amides is 1. The number of fused-ring (bicyclic) bond motifs is 1. The predicted molar refractivity (Wildman–Crippen MR) is 82.1 cm³/mol. The highest BCUT2D eigenvalue weighted by Crippen LogP contribution is 2.20. The van der Waals surface area contributed by atoms with Crippen LogP contribution in [0.1, 0.15) is 25.3 Å². The summed E-state index contributed by atoms with van der Waals surface area (Å²) in [7, 11) is 0. The number of carboxylic acids is 1. The predicted octanol–water partition coefficient (Wildman–Crippen LogP) is 2.75. The van der Waals surface area contributed by atoms with Crippen LogP contribution in [0, 0.1) is 0 Å². The Labute approximate surface area is 123 Å². The van der Waals surface area contributed by atoms with Gasteiger partial charge in [-0.05, 0) is 29.2 Å².